The molecule has 0 amide bonds. The van der Waals surface area contributed by atoms with Crippen molar-refractivity contribution in [2.24, 2.45) is 11.3 Å². The predicted molar refractivity (Wildman–Crippen MR) is 157 cm³/mol. The van der Waals surface area contributed by atoms with Gasteiger partial charge in [-0.05, 0) is 25.2 Å². The minimum absolute atomic E-state index is 0.0870. The van der Waals surface area contributed by atoms with Crippen LogP contribution in [0.4, 0.5) is 0 Å². The van der Waals surface area contributed by atoms with Crippen LogP contribution in [0.25, 0.3) is 0 Å². The van der Waals surface area contributed by atoms with E-state index in [-0.39, 0.29) is 36.2 Å². The highest BCUT2D eigenvalue weighted by molar-refractivity contribution is 5.89. The Balaban J connectivity index is 1.19. The van der Waals surface area contributed by atoms with E-state index in [9.17, 15) is 14.4 Å². The number of piperidine rings is 2. The molecule has 7 nitrogen and oxygen atoms in total. The average molecular weight is 575 g/mol. The summed E-state index contributed by atoms with van der Waals surface area (Å²) >= 11 is 0. The lowest BCUT2D eigenvalue weighted by Gasteiger charge is -2.80. The molecular weight excluding hydrogens is 530 g/mol. The van der Waals surface area contributed by atoms with Crippen molar-refractivity contribution >= 4 is 17.9 Å². The lowest BCUT2D eigenvalue weighted by Crippen LogP contribution is -2.94. The van der Waals surface area contributed by atoms with Crippen molar-refractivity contribution in [1.29, 1.82) is 0 Å². The summed E-state index contributed by atoms with van der Waals surface area (Å²) in [4.78, 5) is 39.9. The van der Waals surface area contributed by atoms with E-state index < -0.39 is 17.5 Å². The number of quaternary nitrogens is 1. The first kappa shape index (κ1) is 28.9. The number of hydrogen-bond acceptors (Lipinski definition) is 6. The van der Waals surface area contributed by atoms with Crippen LogP contribution in [0.5, 0.6) is 0 Å². The van der Waals surface area contributed by atoms with Crippen molar-refractivity contribution in [3.05, 3.63) is 71.8 Å². The Morgan fingerprint density at radius 1 is 0.881 bits per heavy atom. The number of nitrogens with zero attached hydrogens (tertiary/aromatic N) is 1. The maximum Gasteiger partial charge on any atom is 0.360 e. The quantitative estimate of drug-likeness (QED) is 0.140. The SMILES string of the molecule is CC(C)COC(=O)CCCCC(=O)OC(C(=O)OC1CC2C13CCC3[N+]21CCCC1)(c1ccccc1)c1ccccc1. The number of fused-ring (bicyclic) bond motifs is 2. The summed E-state index contributed by atoms with van der Waals surface area (Å²) in [6.45, 7) is 6.91. The largest absolute Gasteiger partial charge is 0.465 e. The number of ether oxygens (including phenoxy) is 3. The molecule has 6 rings (SSSR count). The molecule has 4 fully saturated rings. The topological polar surface area (TPSA) is 78.9 Å². The minimum atomic E-state index is -1.71. The van der Waals surface area contributed by atoms with Crippen molar-refractivity contribution in [2.45, 2.75) is 95.4 Å². The zero-order chi connectivity index (χ0) is 29.4. The number of benzene rings is 2. The summed E-state index contributed by atoms with van der Waals surface area (Å²) in [6.07, 6.45) is 6.98. The molecule has 7 heteroatoms. The van der Waals surface area contributed by atoms with Gasteiger partial charge in [-0.3, -0.25) is 9.59 Å². The molecule has 0 N–H and O–H groups in total. The molecule has 2 heterocycles. The molecule has 0 radical (unpaired) electrons. The zero-order valence-corrected chi connectivity index (χ0v) is 25.0. The van der Waals surface area contributed by atoms with E-state index in [1.807, 2.05) is 74.5 Å². The van der Waals surface area contributed by atoms with Crippen molar-refractivity contribution < 1.29 is 33.1 Å². The minimum Gasteiger partial charge on any atom is -0.465 e. The zero-order valence-electron chi connectivity index (χ0n) is 25.0. The average Bonchev–Trinajstić information content (AvgIpc) is 3.45. The van der Waals surface area contributed by atoms with Crippen LogP contribution in [-0.2, 0) is 34.2 Å². The Kier molecular flexibility index (Phi) is 7.90. The van der Waals surface area contributed by atoms with Gasteiger partial charge in [0.15, 0.2) is 0 Å². The molecule has 2 aromatic carbocycles. The third-order valence-corrected chi connectivity index (χ3v) is 10.5. The van der Waals surface area contributed by atoms with Gasteiger partial charge in [-0.1, -0.05) is 74.5 Å². The molecule has 4 unspecified atom stereocenters. The summed E-state index contributed by atoms with van der Waals surface area (Å²) < 4.78 is 19.2. The van der Waals surface area contributed by atoms with Gasteiger partial charge >= 0.3 is 17.9 Å². The fourth-order valence-corrected chi connectivity index (χ4v) is 8.54. The van der Waals surface area contributed by atoms with E-state index in [1.54, 1.807) is 0 Å². The van der Waals surface area contributed by atoms with Gasteiger partial charge in [0.25, 0.3) is 5.60 Å². The van der Waals surface area contributed by atoms with Crippen LogP contribution in [0, 0.1) is 11.3 Å². The lowest BCUT2D eigenvalue weighted by atomic mass is 9.39. The second kappa shape index (κ2) is 11.5. The van der Waals surface area contributed by atoms with Gasteiger partial charge in [-0.25, -0.2) is 4.79 Å². The number of hydrogen-bond donors (Lipinski definition) is 0. The lowest BCUT2D eigenvalue weighted by molar-refractivity contribution is -1.05. The van der Waals surface area contributed by atoms with E-state index in [0.29, 0.717) is 42.7 Å². The predicted octanol–water partition coefficient (Wildman–Crippen LogP) is 5.69. The molecule has 2 aliphatic heterocycles. The van der Waals surface area contributed by atoms with Crippen molar-refractivity contribution in [1.82, 2.24) is 0 Å². The molecule has 4 aliphatic rings. The highest BCUT2D eigenvalue weighted by Gasteiger charge is 2.86. The monoisotopic (exact) mass is 574 g/mol. The number of rotatable bonds is 12. The van der Waals surface area contributed by atoms with Crippen LogP contribution < -0.4 is 0 Å². The molecule has 2 aromatic rings. The second-order valence-corrected chi connectivity index (χ2v) is 13.2. The van der Waals surface area contributed by atoms with Gasteiger partial charge in [0, 0.05) is 49.7 Å². The van der Waals surface area contributed by atoms with E-state index in [0.717, 1.165) is 12.8 Å². The van der Waals surface area contributed by atoms with Crippen molar-refractivity contribution in [3.63, 3.8) is 0 Å². The van der Waals surface area contributed by atoms with Gasteiger partial charge in [-0.15, -0.1) is 0 Å². The number of carbonyl (C=O) groups is 3. The van der Waals surface area contributed by atoms with E-state index in [2.05, 4.69) is 0 Å². The van der Waals surface area contributed by atoms with Crippen LogP contribution in [0.3, 0.4) is 0 Å². The summed E-state index contributed by atoms with van der Waals surface area (Å²) in [6, 6.07) is 19.7. The Bertz CT molecular complexity index is 1240. The Hall–Kier alpha value is -3.19. The smallest absolute Gasteiger partial charge is 0.360 e. The third-order valence-electron chi connectivity index (χ3n) is 10.5. The maximum absolute atomic E-state index is 14.4. The van der Waals surface area contributed by atoms with Gasteiger partial charge < -0.3 is 18.7 Å². The summed E-state index contributed by atoms with van der Waals surface area (Å²) in [5.74, 6) is -0.994. The highest BCUT2D eigenvalue weighted by atomic mass is 16.6. The Labute approximate surface area is 249 Å². The Morgan fingerprint density at radius 3 is 2.00 bits per heavy atom. The molecular formula is C35H44NO6+. The normalized spacial score (nSPS) is 26.7. The van der Waals surface area contributed by atoms with Crippen molar-refractivity contribution in [2.75, 3.05) is 19.7 Å². The molecule has 2 saturated carbocycles. The van der Waals surface area contributed by atoms with Crippen LogP contribution >= 0.6 is 0 Å². The molecule has 4 atom stereocenters. The first-order valence-corrected chi connectivity index (χ1v) is 15.9. The molecule has 0 aromatic heterocycles. The van der Waals surface area contributed by atoms with Crippen LogP contribution in [0.15, 0.2) is 60.7 Å². The van der Waals surface area contributed by atoms with Gasteiger partial charge in [-0.2, -0.15) is 0 Å². The van der Waals surface area contributed by atoms with E-state index >= 15 is 0 Å². The molecule has 2 spiro atoms. The molecule has 2 aliphatic carbocycles. The standard InChI is InChI=1S/C35H44NO6/c1-25(2)24-40-31(37)17-9-10-18-32(38)42-35(26-13-5-3-6-14-26,27-15-7-4-8-16-27)33(39)41-30-23-29-34(30)20-19-28(34)36(29)21-11-12-22-36/h3-8,13-16,25,28-30H,9-12,17-24H2,1-2H3/q+1. The summed E-state index contributed by atoms with van der Waals surface area (Å²) in [5.41, 5.74) is -0.461. The van der Waals surface area contributed by atoms with Crippen LogP contribution in [-0.4, -0.2) is 60.3 Å². The number of esters is 3. The fourth-order valence-electron chi connectivity index (χ4n) is 8.54. The van der Waals surface area contributed by atoms with Gasteiger partial charge in [0.05, 0.1) is 19.7 Å². The van der Waals surface area contributed by atoms with E-state index in [1.165, 1.54) is 36.8 Å². The van der Waals surface area contributed by atoms with E-state index in [4.69, 9.17) is 14.2 Å². The molecule has 42 heavy (non-hydrogen) atoms. The first-order chi connectivity index (χ1) is 20.3. The third kappa shape index (κ3) is 4.64. The van der Waals surface area contributed by atoms with Gasteiger partial charge in [0.1, 0.15) is 23.6 Å². The summed E-state index contributed by atoms with van der Waals surface area (Å²) in [7, 11) is 0. The van der Waals surface area contributed by atoms with Gasteiger partial charge in [0.2, 0.25) is 0 Å². The number of unbranched alkanes of at least 4 members (excludes halogenated alkanes) is 1. The maximum atomic E-state index is 14.4. The Morgan fingerprint density at radius 2 is 1.48 bits per heavy atom. The van der Waals surface area contributed by atoms with Crippen LogP contribution in [0.2, 0.25) is 0 Å². The van der Waals surface area contributed by atoms with Crippen LogP contribution in [0.1, 0.15) is 82.8 Å². The second-order valence-electron chi connectivity index (χ2n) is 13.2. The molecule has 224 valence electrons. The molecule has 0 bridgehead atoms. The highest BCUT2D eigenvalue weighted by Crippen LogP contribution is 2.73. The van der Waals surface area contributed by atoms with Crippen molar-refractivity contribution in [3.8, 4) is 0 Å². The fraction of sp³-hybridized carbons (Fsp3) is 0.571. The molecule has 2 saturated heterocycles. The first-order valence-electron chi connectivity index (χ1n) is 15.9. The summed E-state index contributed by atoms with van der Waals surface area (Å²) in [5, 5.41) is 0. The number of carbonyl (C=O) groups excluding carboxylic acids is 3.